The van der Waals surface area contributed by atoms with Gasteiger partial charge in [-0.05, 0) is 80.0 Å². The minimum absolute atomic E-state index is 0.0267. The third-order valence-corrected chi connectivity index (χ3v) is 9.98. The van der Waals surface area contributed by atoms with E-state index in [-0.39, 0.29) is 35.8 Å². The van der Waals surface area contributed by atoms with Crippen molar-refractivity contribution in [3.05, 3.63) is 120 Å². The molecule has 1 amide bonds. The highest BCUT2D eigenvalue weighted by Gasteiger charge is 2.44. The highest BCUT2D eigenvalue weighted by atomic mass is 32.2. The molecular weight excluding hydrogens is 681 g/mol. The van der Waals surface area contributed by atoms with Gasteiger partial charge in [0.25, 0.3) is 10.0 Å². The molecule has 12 heteroatoms. The molecule has 5 rings (SSSR count). The molecule has 276 valence electrons. The molecule has 1 aliphatic carbocycles. The van der Waals surface area contributed by atoms with Crippen molar-refractivity contribution in [1.29, 1.82) is 0 Å². The molecule has 11 nitrogen and oxygen atoms in total. The summed E-state index contributed by atoms with van der Waals surface area (Å²) in [6, 6.07) is 27.5. The molecule has 0 atom stereocenters. The predicted octanol–water partition coefficient (Wildman–Crippen LogP) is 7.75. The van der Waals surface area contributed by atoms with Crippen LogP contribution in [0.15, 0.2) is 102 Å². The molecule has 1 aliphatic rings. The Hall–Kier alpha value is -4.65. The molecule has 0 radical (unpaired) electrons. The van der Waals surface area contributed by atoms with Gasteiger partial charge >= 0.3 is 12.1 Å². The number of hydroxylamine groups is 1. The molecule has 0 N–H and O–H groups in total. The maximum atomic E-state index is 14.0. The number of rotatable bonds is 13. The molecule has 0 bridgehead atoms. The smallest absolute Gasteiger partial charge is 0.441 e. The summed E-state index contributed by atoms with van der Waals surface area (Å²) in [5.41, 5.74) is 2.02. The molecule has 0 aliphatic heterocycles. The maximum absolute atomic E-state index is 14.0. The summed E-state index contributed by atoms with van der Waals surface area (Å²) >= 11 is 0. The Labute approximate surface area is 307 Å². The number of carbonyl (C=O) groups excluding carboxylic acids is 2. The van der Waals surface area contributed by atoms with Crippen molar-refractivity contribution < 1.29 is 32.3 Å². The topological polar surface area (TPSA) is 128 Å². The van der Waals surface area contributed by atoms with E-state index in [1.54, 1.807) is 45.0 Å². The van der Waals surface area contributed by atoms with Gasteiger partial charge in [0.1, 0.15) is 5.60 Å². The van der Waals surface area contributed by atoms with E-state index in [0.717, 1.165) is 34.6 Å². The Morgan fingerprint density at radius 2 is 1.50 bits per heavy atom. The number of pyridine rings is 2. The minimum Gasteiger partial charge on any atom is -0.441 e. The van der Waals surface area contributed by atoms with Gasteiger partial charge in [0.2, 0.25) is 0 Å². The van der Waals surface area contributed by atoms with Gasteiger partial charge in [0.05, 0.1) is 31.9 Å². The zero-order chi connectivity index (χ0) is 37.6. The zero-order valence-corrected chi connectivity index (χ0v) is 31.6. The van der Waals surface area contributed by atoms with E-state index in [0.29, 0.717) is 18.9 Å². The molecule has 0 unspecified atom stereocenters. The van der Waals surface area contributed by atoms with Crippen molar-refractivity contribution in [2.75, 3.05) is 11.7 Å². The lowest BCUT2D eigenvalue weighted by atomic mass is 9.93. The number of sulfonamides is 1. The highest BCUT2D eigenvalue weighted by Crippen LogP contribution is 2.48. The lowest BCUT2D eigenvalue weighted by Gasteiger charge is -2.27. The zero-order valence-electron chi connectivity index (χ0n) is 30.7. The second-order valence-corrected chi connectivity index (χ2v) is 17.2. The average Bonchev–Trinajstić information content (AvgIpc) is 3.87. The van der Waals surface area contributed by atoms with Crippen molar-refractivity contribution in [2.45, 2.75) is 96.5 Å². The third kappa shape index (κ3) is 10.7. The van der Waals surface area contributed by atoms with Gasteiger partial charge in [0, 0.05) is 18.2 Å². The van der Waals surface area contributed by atoms with Crippen LogP contribution in [0.1, 0.15) is 83.2 Å². The van der Waals surface area contributed by atoms with E-state index in [9.17, 15) is 18.0 Å². The number of benzene rings is 2. The monoisotopic (exact) mass is 728 g/mol. The SMILES string of the molecule is CC(C)(C)CC(=O)ON(C(=O)OC(C)(C)C)c1cccc(CN(Cc2ccc(C3(COCc4ccccc4)CC3)cc2)S(=O)(=O)c2ccccn2)n1. The number of hydrogen-bond acceptors (Lipinski definition) is 9. The number of aromatic nitrogens is 2. The maximum Gasteiger partial charge on any atom is 0.450 e. The van der Waals surface area contributed by atoms with E-state index in [1.165, 1.54) is 22.6 Å². The molecule has 0 saturated heterocycles. The fraction of sp³-hybridized carbons (Fsp3) is 0.400. The molecule has 1 saturated carbocycles. The molecule has 2 aromatic heterocycles. The lowest BCUT2D eigenvalue weighted by molar-refractivity contribution is -0.147. The van der Waals surface area contributed by atoms with Gasteiger partial charge in [-0.25, -0.2) is 28.0 Å². The Kier molecular flexibility index (Phi) is 11.8. The summed E-state index contributed by atoms with van der Waals surface area (Å²) in [7, 11) is -4.10. The fourth-order valence-electron chi connectivity index (χ4n) is 5.53. The Morgan fingerprint density at radius 3 is 2.12 bits per heavy atom. The number of anilines is 1. The summed E-state index contributed by atoms with van der Waals surface area (Å²) < 4.78 is 41.0. The van der Waals surface area contributed by atoms with Crippen LogP contribution in [0.25, 0.3) is 0 Å². The molecule has 52 heavy (non-hydrogen) atoms. The van der Waals surface area contributed by atoms with Crippen LogP contribution in [0.2, 0.25) is 0 Å². The first-order valence-electron chi connectivity index (χ1n) is 17.4. The number of nitrogens with zero attached hydrogens (tertiary/aromatic N) is 4. The van der Waals surface area contributed by atoms with Crippen LogP contribution in [-0.2, 0) is 54.2 Å². The van der Waals surface area contributed by atoms with Crippen LogP contribution in [-0.4, -0.2) is 47.0 Å². The van der Waals surface area contributed by atoms with Crippen molar-refractivity contribution in [2.24, 2.45) is 5.41 Å². The van der Waals surface area contributed by atoms with Gasteiger partial charge in [-0.1, -0.05) is 92.6 Å². The molecule has 1 fully saturated rings. The number of hydrogen-bond donors (Lipinski definition) is 0. The molecule has 4 aromatic rings. The summed E-state index contributed by atoms with van der Waals surface area (Å²) in [4.78, 5) is 40.4. The van der Waals surface area contributed by atoms with E-state index in [2.05, 4.69) is 9.97 Å². The van der Waals surface area contributed by atoms with Crippen molar-refractivity contribution in [3.63, 3.8) is 0 Å². The summed E-state index contributed by atoms with van der Waals surface area (Å²) in [5.74, 6) is -0.679. The minimum atomic E-state index is -4.10. The highest BCUT2D eigenvalue weighted by molar-refractivity contribution is 7.89. The lowest BCUT2D eigenvalue weighted by Crippen LogP contribution is -2.39. The van der Waals surface area contributed by atoms with E-state index >= 15 is 0 Å². The number of ether oxygens (including phenoxy) is 2. The Morgan fingerprint density at radius 1 is 0.808 bits per heavy atom. The van der Waals surface area contributed by atoms with Crippen LogP contribution < -0.4 is 5.06 Å². The van der Waals surface area contributed by atoms with Gasteiger partial charge < -0.3 is 14.3 Å². The number of amides is 1. The summed E-state index contributed by atoms with van der Waals surface area (Å²) in [6.07, 6.45) is 2.57. The Balaban J connectivity index is 1.38. The molecule has 2 aromatic carbocycles. The van der Waals surface area contributed by atoms with Crippen LogP contribution in [0.4, 0.5) is 10.6 Å². The first kappa shape index (κ1) is 38.6. The first-order chi connectivity index (χ1) is 24.5. The Bertz CT molecular complexity index is 1920. The molecule has 0 spiro atoms. The summed E-state index contributed by atoms with van der Waals surface area (Å²) in [5, 5.41) is 0.609. The van der Waals surface area contributed by atoms with E-state index < -0.39 is 33.1 Å². The standard InChI is InChI=1S/C40H48N4O7S/c1-38(2,3)25-36(45)51-44(37(46)50-39(4,5)6)34-16-12-15-33(42-34)27-43(52(47,48)35-17-10-11-24-41-35)26-30-18-20-32(21-19-30)40(22-23-40)29-49-28-31-13-8-7-9-14-31/h7-21,24H,22-23,25-29H2,1-6H3. The van der Waals surface area contributed by atoms with E-state index in [1.807, 2.05) is 75.4 Å². The molecule has 2 heterocycles. The van der Waals surface area contributed by atoms with Gasteiger partial charge in [-0.3, -0.25) is 0 Å². The summed E-state index contributed by atoms with van der Waals surface area (Å²) in [6.45, 7) is 11.7. The fourth-order valence-corrected chi connectivity index (χ4v) is 6.86. The van der Waals surface area contributed by atoms with E-state index in [4.69, 9.17) is 14.3 Å². The second-order valence-electron chi connectivity index (χ2n) is 15.4. The number of carbonyl (C=O) groups is 2. The normalized spacial score (nSPS) is 14.1. The van der Waals surface area contributed by atoms with Crippen molar-refractivity contribution >= 4 is 27.9 Å². The largest absolute Gasteiger partial charge is 0.450 e. The van der Waals surface area contributed by atoms with Crippen LogP contribution in [0.3, 0.4) is 0 Å². The van der Waals surface area contributed by atoms with Crippen molar-refractivity contribution in [3.8, 4) is 0 Å². The average molecular weight is 729 g/mol. The van der Waals surface area contributed by atoms with Gasteiger partial charge in [0.15, 0.2) is 10.8 Å². The quantitative estimate of drug-likeness (QED) is 0.127. The van der Waals surface area contributed by atoms with Crippen LogP contribution >= 0.6 is 0 Å². The van der Waals surface area contributed by atoms with Crippen LogP contribution in [0.5, 0.6) is 0 Å². The first-order valence-corrected chi connectivity index (χ1v) is 18.8. The van der Waals surface area contributed by atoms with Gasteiger partial charge in [-0.2, -0.15) is 4.31 Å². The second kappa shape index (κ2) is 15.9. The van der Waals surface area contributed by atoms with Gasteiger partial charge in [-0.15, -0.1) is 0 Å². The molecular formula is C40H48N4O7S. The third-order valence-electron chi connectivity index (χ3n) is 8.28. The predicted molar refractivity (Wildman–Crippen MR) is 197 cm³/mol. The van der Waals surface area contributed by atoms with Crippen molar-refractivity contribution in [1.82, 2.24) is 14.3 Å². The van der Waals surface area contributed by atoms with Crippen LogP contribution in [0, 0.1) is 5.41 Å².